The largest absolute Gasteiger partial charge is 0.477 e. The average molecular weight is 254 g/mol. The van der Waals surface area contributed by atoms with Crippen LogP contribution in [0.4, 0.5) is 0 Å². The number of H-pyrrole nitrogens is 1. The molecule has 0 aliphatic rings. The molecule has 2 heterocycles. The summed E-state index contributed by atoms with van der Waals surface area (Å²) in [5, 5.41) is 9.38. The molecule has 0 aliphatic heterocycles. The summed E-state index contributed by atoms with van der Waals surface area (Å²) in [6, 6.07) is 1.57. The first-order chi connectivity index (χ1) is 8.06. The lowest BCUT2D eigenvalue weighted by Gasteiger charge is -2.03. The minimum Gasteiger partial charge on any atom is -0.477 e. The number of nitrogens with one attached hydrogen (secondary N) is 1. The predicted octanol–water partition coefficient (Wildman–Crippen LogP) is 2.75. The number of aromatic amines is 1. The van der Waals surface area contributed by atoms with Crippen LogP contribution in [0, 0.1) is 5.92 Å². The van der Waals surface area contributed by atoms with Gasteiger partial charge in [0.05, 0.1) is 11.3 Å². The molecule has 0 saturated heterocycles. The van der Waals surface area contributed by atoms with Crippen molar-refractivity contribution in [3.05, 3.63) is 11.8 Å². The van der Waals surface area contributed by atoms with E-state index in [1.807, 2.05) is 0 Å². The van der Waals surface area contributed by atoms with E-state index in [-0.39, 0.29) is 5.69 Å². The number of aromatic nitrogens is 2. The number of hydrogen-bond acceptors (Lipinski definition) is 4. The third kappa shape index (κ3) is 2.76. The number of hydrogen-bond donors (Lipinski definition) is 2. The zero-order valence-corrected chi connectivity index (χ0v) is 10.5. The van der Waals surface area contributed by atoms with E-state index in [9.17, 15) is 4.79 Å². The Labute approximate surface area is 102 Å². The van der Waals surface area contributed by atoms with Gasteiger partial charge < -0.3 is 14.8 Å². The molecule has 5 nitrogen and oxygen atoms in total. The first kappa shape index (κ1) is 11.9. The van der Waals surface area contributed by atoms with Crippen molar-refractivity contribution >= 4 is 27.7 Å². The van der Waals surface area contributed by atoms with E-state index in [0.29, 0.717) is 23.4 Å². The molecule has 0 atom stereocenters. The molecule has 2 aromatic rings. The van der Waals surface area contributed by atoms with E-state index in [0.717, 1.165) is 11.1 Å². The van der Waals surface area contributed by atoms with Crippen LogP contribution >= 0.6 is 11.3 Å². The van der Waals surface area contributed by atoms with E-state index in [2.05, 4.69) is 23.8 Å². The normalized spacial score (nSPS) is 11.2. The van der Waals surface area contributed by atoms with Crippen molar-refractivity contribution < 1.29 is 14.6 Å². The van der Waals surface area contributed by atoms with Crippen LogP contribution in [0.3, 0.4) is 0 Å². The lowest BCUT2D eigenvalue weighted by atomic mass is 10.1. The third-order valence-corrected chi connectivity index (χ3v) is 3.23. The van der Waals surface area contributed by atoms with Gasteiger partial charge in [-0.15, -0.1) is 0 Å². The second-order valence-corrected chi connectivity index (χ2v) is 5.20. The third-order valence-electron chi connectivity index (χ3n) is 2.31. The molecular weight excluding hydrogens is 240 g/mol. The number of thiazole rings is 1. The topological polar surface area (TPSA) is 75.2 Å². The lowest BCUT2D eigenvalue weighted by molar-refractivity contribution is 0.0691. The minimum absolute atomic E-state index is 0.160. The molecular formula is C11H14N2O3S. The summed E-state index contributed by atoms with van der Waals surface area (Å²) in [6.45, 7) is 4.91. The van der Waals surface area contributed by atoms with Gasteiger partial charge in [0.1, 0.15) is 5.69 Å². The molecule has 0 fully saturated rings. The van der Waals surface area contributed by atoms with Gasteiger partial charge in [-0.25, -0.2) is 4.79 Å². The Morgan fingerprint density at radius 1 is 1.65 bits per heavy atom. The van der Waals surface area contributed by atoms with E-state index in [4.69, 9.17) is 9.84 Å². The smallest absolute Gasteiger partial charge is 0.352 e. The Balaban J connectivity index is 2.06. The van der Waals surface area contributed by atoms with Gasteiger partial charge in [-0.2, -0.15) is 4.98 Å². The Hall–Kier alpha value is -1.56. The van der Waals surface area contributed by atoms with Crippen LogP contribution < -0.4 is 4.74 Å². The molecule has 0 saturated carbocycles. The van der Waals surface area contributed by atoms with E-state index >= 15 is 0 Å². The first-order valence-corrected chi connectivity index (χ1v) is 6.23. The highest BCUT2D eigenvalue weighted by Crippen LogP contribution is 2.28. The molecule has 2 N–H and O–H groups in total. The summed E-state index contributed by atoms with van der Waals surface area (Å²) in [6.07, 6.45) is 0.980. The monoisotopic (exact) mass is 254 g/mol. The molecule has 0 aliphatic carbocycles. The SMILES string of the molecule is CC(C)CCOc1nc2[nH]c(C(=O)O)cc2s1. The fourth-order valence-electron chi connectivity index (χ4n) is 1.35. The molecule has 6 heteroatoms. The van der Waals surface area contributed by atoms with Crippen molar-refractivity contribution in [1.29, 1.82) is 0 Å². The molecule has 0 aromatic carbocycles. The summed E-state index contributed by atoms with van der Waals surface area (Å²) < 4.78 is 6.31. The van der Waals surface area contributed by atoms with E-state index < -0.39 is 5.97 Å². The zero-order valence-electron chi connectivity index (χ0n) is 9.69. The lowest BCUT2D eigenvalue weighted by Crippen LogP contribution is -2.01. The van der Waals surface area contributed by atoms with Crippen LogP contribution in [-0.2, 0) is 0 Å². The number of ether oxygens (including phenoxy) is 1. The molecule has 92 valence electrons. The number of aromatic carboxylic acids is 1. The number of rotatable bonds is 5. The summed E-state index contributed by atoms with van der Waals surface area (Å²) in [7, 11) is 0. The summed E-state index contributed by atoms with van der Waals surface area (Å²) in [4.78, 5) is 17.6. The number of fused-ring (bicyclic) bond motifs is 1. The standard InChI is InChI=1S/C11H14N2O3S/c1-6(2)3-4-16-11-13-9-8(17-11)5-7(12-9)10(14)15/h5-6,12H,3-4H2,1-2H3,(H,14,15). The number of carbonyl (C=O) groups is 1. The van der Waals surface area contributed by atoms with Crippen molar-refractivity contribution in [3.8, 4) is 5.19 Å². The summed E-state index contributed by atoms with van der Waals surface area (Å²) in [5.74, 6) is -0.379. The second-order valence-electron chi connectivity index (χ2n) is 4.21. The van der Waals surface area contributed by atoms with Gasteiger partial charge in [-0.1, -0.05) is 25.2 Å². The average Bonchev–Trinajstić information content (AvgIpc) is 2.73. The van der Waals surface area contributed by atoms with E-state index in [1.165, 1.54) is 11.3 Å². The quantitative estimate of drug-likeness (QED) is 0.860. The van der Waals surface area contributed by atoms with Crippen molar-refractivity contribution in [2.75, 3.05) is 6.61 Å². The second kappa shape index (κ2) is 4.75. The maximum Gasteiger partial charge on any atom is 0.352 e. The van der Waals surface area contributed by atoms with Gasteiger partial charge in [-0.05, 0) is 18.4 Å². The maximum atomic E-state index is 10.7. The molecule has 0 bridgehead atoms. The van der Waals surface area contributed by atoms with Crippen LogP contribution in [-0.4, -0.2) is 27.7 Å². The van der Waals surface area contributed by atoms with Crippen LogP contribution in [0.5, 0.6) is 5.19 Å². The molecule has 2 rings (SSSR count). The predicted molar refractivity (Wildman–Crippen MR) is 65.9 cm³/mol. The molecule has 2 aromatic heterocycles. The Morgan fingerprint density at radius 2 is 2.41 bits per heavy atom. The fourth-order valence-corrected chi connectivity index (χ4v) is 2.19. The van der Waals surface area contributed by atoms with Gasteiger partial charge >= 0.3 is 5.97 Å². The van der Waals surface area contributed by atoms with Crippen LogP contribution in [0.1, 0.15) is 30.8 Å². The summed E-state index contributed by atoms with van der Waals surface area (Å²) >= 11 is 1.36. The molecule has 17 heavy (non-hydrogen) atoms. The highest BCUT2D eigenvalue weighted by molar-refractivity contribution is 7.20. The van der Waals surface area contributed by atoms with Crippen molar-refractivity contribution in [2.24, 2.45) is 5.92 Å². The van der Waals surface area contributed by atoms with Gasteiger partial charge in [-0.3, -0.25) is 0 Å². The van der Waals surface area contributed by atoms with Crippen LogP contribution in [0.2, 0.25) is 0 Å². The van der Waals surface area contributed by atoms with Gasteiger partial charge in [0, 0.05) is 0 Å². The van der Waals surface area contributed by atoms with Gasteiger partial charge in [0.15, 0.2) is 5.65 Å². The highest BCUT2D eigenvalue weighted by atomic mass is 32.1. The zero-order chi connectivity index (χ0) is 12.4. The van der Waals surface area contributed by atoms with Gasteiger partial charge in [0.2, 0.25) is 0 Å². The number of nitrogens with zero attached hydrogens (tertiary/aromatic N) is 1. The highest BCUT2D eigenvalue weighted by Gasteiger charge is 2.12. The molecule has 0 spiro atoms. The van der Waals surface area contributed by atoms with Gasteiger partial charge in [0.25, 0.3) is 5.19 Å². The summed E-state index contributed by atoms with van der Waals surface area (Å²) in [5.41, 5.74) is 0.736. The molecule has 0 unspecified atom stereocenters. The first-order valence-electron chi connectivity index (χ1n) is 5.42. The minimum atomic E-state index is -0.975. The van der Waals surface area contributed by atoms with Crippen LogP contribution in [0.25, 0.3) is 10.3 Å². The van der Waals surface area contributed by atoms with E-state index in [1.54, 1.807) is 6.07 Å². The van der Waals surface area contributed by atoms with Crippen molar-refractivity contribution in [2.45, 2.75) is 20.3 Å². The Morgan fingerprint density at radius 3 is 3.00 bits per heavy atom. The van der Waals surface area contributed by atoms with Crippen molar-refractivity contribution in [1.82, 2.24) is 9.97 Å². The van der Waals surface area contributed by atoms with Crippen LogP contribution in [0.15, 0.2) is 6.07 Å². The van der Waals surface area contributed by atoms with Crippen molar-refractivity contribution in [3.63, 3.8) is 0 Å². The number of carboxylic acid groups (broad SMARTS) is 1. The Bertz CT molecular complexity index is 498. The Kier molecular flexibility index (Phi) is 3.33. The fraction of sp³-hybridized carbons (Fsp3) is 0.455. The number of carboxylic acids is 1. The molecule has 0 amide bonds. The molecule has 0 radical (unpaired) electrons. The maximum absolute atomic E-state index is 10.7.